The summed E-state index contributed by atoms with van der Waals surface area (Å²) in [6.45, 7) is 6.00. The van der Waals surface area contributed by atoms with Gasteiger partial charge in [0, 0.05) is 18.3 Å². The van der Waals surface area contributed by atoms with E-state index in [0.717, 1.165) is 19.5 Å². The van der Waals surface area contributed by atoms with Crippen molar-refractivity contribution in [1.29, 1.82) is 0 Å². The largest absolute Gasteiger partial charge is 0.335 e. The summed E-state index contributed by atoms with van der Waals surface area (Å²) in [7, 11) is 0. The van der Waals surface area contributed by atoms with E-state index in [2.05, 4.69) is 29.8 Å². The quantitative estimate of drug-likeness (QED) is 0.768. The van der Waals surface area contributed by atoms with E-state index >= 15 is 0 Å². The Morgan fingerprint density at radius 3 is 2.95 bits per heavy atom. The summed E-state index contributed by atoms with van der Waals surface area (Å²) < 4.78 is 13.0. The number of hydrogen-bond donors (Lipinski definition) is 3. The number of urea groups is 1. The van der Waals surface area contributed by atoms with E-state index in [9.17, 15) is 9.18 Å². The molecule has 0 spiro atoms. The van der Waals surface area contributed by atoms with Crippen LogP contribution in [0.1, 0.15) is 20.3 Å². The van der Waals surface area contributed by atoms with Gasteiger partial charge in [-0.3, -0.25) is 0 Å². The molecule has 0 radical (unpaired) electrons. The molecule has 1 aromatic carbocycles. The number of anilines is 1. The van der Waals surface area contributed by atoms with Crippen LogP contribution >= 0.6 is 0 Å². The Morgan fingerprint density at radius 2 is 2.26 bits per heavy atom. The summed E-state index contributed by atoms with van der Waals surface area (Å²) in [5.41, 5.74) is 0.474. The zero-order chi connectivity index (χ0) is 13.9. The van der Waals surface area contributed by atoms with Crippen molar-refractivity contribution < 1.29 is 9.18 Å². The third-order valence-corrected chi connectivity index (χ3v) is 3.52. The van der Waals surface area contributed by atoms with Crippen LogP contribution in [0.3, 0.4) is 0 Å². The molecule has 104 valence electrons. The Hall–Kier alpha value is -1.62. The first-order chi connectivity index (χ1) is 8.97. The molecule has 1 heterocycles. The maximum absolute atomic E-state index is 13.0. The summed E-state index contributed by atoms with van der Waals surface area (Å²) in [6.07, 6.45) is 0.892. The average Bonchev–Trinajstić information content (AvgIpc) is 2.32. The van der Waals surface area contributed by atoms with Crippen molar-refractivity contribution >= 4 is 11.7 Å². The number of rotatable bonds is 2. The van der Waals surface area contributed by atoms with Crippen LogP contribution in [0.2, 0.25) is 0 Å². The van der Waals surface area contributed by atoms with Gasteiger partial charge in [-0.2, -0.15) is 0 Å². The molecular formula is C14H20FN3O. The van der Waals surface area contributed by atoms with Gasteiger partial charge < -0.3 is 16.0 Å². The predicted octanol–water partition coefficient (Wildman–Crippen LogP) is 2.34. The van der Waals surface area contributed by atoms with Gasteiger partial charge in [0.25, 0.3) is 0 Å². The van der Waals surface area contributed by atoms with E-state index in [-0.39, 0.29) is 23.3 Å². The summed E-state index contributed by atoms with van der Waals surface area (Å²) in [5.74, 6) is -0.361. The Labute approximate surface area is 112 Å². The molecule has 3 N–H and O–H groups in total. The van der Waals surface area contributed by atoms with Crippen LogP contribution in [-0.2, 0) is 0 Å². The molecule has 0 saturated carbocycles. The Bertz CT molecular complexity index is 462. The van der Waals surface area contributed by atoms with Gasteiger partial charge in [-0.15, -0.1) is 0 Å². The second-order valence-corrected chi connectivity index (χ2v) is 5.62. The first-order valence-electron chi connectivity index (χ1n) is 6.51. The van der Waals surface area contributed by atoms with Crippen molar-refractivity contribution in [2.75, 3.05) is 18.4 Å². The van der Waals surface area contributed by atoms with Crippen LogP contribution in [0.25, 0.3) is 0 Å². The number of amides is 2. The Kier molecular flexibility index (Phi) is 4.04. The fourth-order valence-electron chi connectivity index (χ4n) is 2.33. The SMILES string of the molecule is CC1(C)CNCCC1NC(=O)Nc1cccc(F)c1. The van der Waals surface area contributed by atoms with E-state index < -0.39 is 0 Å². The topological polar surface area (TPSA) is 53.2 Å². The van der Waals surface area contributed by atoms with Gasteiger partial charge >= 0.3 is 6.03 Å². The van der Waals surface area contributed by atoms with E-state index in [1.165, 1.54) is 12.1 Å². The van der Waals surface area contributed by atoms with Gasteiger partial charge in [0.05, 0.1) is 0 Å². The van der Waals surface area contributed by atoms with E-state index in [1.54, 1.807) is 12.1 Å². The lowest BCUT2D eigenvalue weighted by Gasteiger charge is -2.39. The van der Waals surface area contributed by atoms with E-state index in [4.69, 9.17) is 0 Å². The van der Waals surface area contributed by atoms with Crippen molar-refractivity contribution in [3.63, 3.8) is 0 Å². The maximum atomic E-state index is 13.0. The van der Waals surface area contributed by atoms with E-state index in [1.807, 2.05) is 0 Å². The molecule has 1 atom stereocenters. The molecule has 1 aliphatic rings. The van der Waals surface area contributed by atoms with Gasteiger partial charge in [0.1, 0.15) is 5.82 Å². The Balaban J connectivity index is 1.94. The molecule has 5 heteroatoms. The second kappa shape index (κ2) is 5.57. The highest BCUT2D eigenvalue weighted by atomic mass is 19.1. The lowest BCUT2D eigenvalue weighted by Crippen LogP contribution is -2.55. The summed E-state index contributed by atoms with van der Waals surface area (Å²) in [5, 5.41) is 8.94. The molecule has 0 aliphatic carbocycles. The van der Waals surface area contributed by atoms with Crippen LogP contribution in [0.15, 0.2) is 24.3 Å². The van der Waals surface area contributed by atoms with Gasteiger partial charge in [-0.25, -0.2) is 9.18 Å². The molecule has 0 aromatic heterocycles. The number of carbonyl (C=O) groups is 1. The minimum absolute atomic E-state index is 0.0114. The fourth-order valence-corrected chi connectivity index (χ4v) is 2.33. The molecule has 0 bridgehead atoms. The third kappa shape index (κ3) is 3.67. The predicted molar refractivity (Wildman–Crippen MR) is 73.6 cm³/mol. The monoisotopic (exact) mass is 265 g/mol. The summed E-state index contributed by atoms with van der Waals surface area (Å²) in [6, 6.07) is 5.70. The Morgan fingerprint density at radius 1 is 1.47 bits per heavy atom. The minimum Gasteiger partial charge on any atom is -0.335 e. The number of nitrogens with one attached hydrogen (secondary N) is 3. The highest BCUT2D eigenvalue weighted by Crippen LogP contribution is 2.25. The van der Waals surface area contributed by atoms with Crippen LogP contribution in [0.4, 0.5) is 14.9 Å². The molecule has 1 saturated heterocycles. The van der Waals surface area contributed by atoms with Crippen LogP contribution in [0.5, 0.6) is 0 Å². The number of carbonyl (C=O) groups excluding carboxylic acids is 1. The maximum Gasteiger partial charge on any atom is 0.319 e. The van der Waals surface area contributed by atoms with Crippen molar-refractivity contribution in [2.45, 2.75) is 26.3 Å². The van der Waals surface area contributed by atoms with Crippen LogP contribution in [0, 0.1) is 11.2 Å². The van der Waals surface area contributed by atoms with E-state index in [0.29, 0.717) is 5.69 Å². The lowest BCUT2D eigenvalue weighted by molar-refractivity contribution is 0.184. The summed E-state index contributed by atoms with van der Waals surface area (Å²) in [4.78, 5) is 11.9. The van der Waals surface area contributed by atoms with Gasteiger partial charge in [0.15, 0.2) is 0 Å². The van der Waals surface area contributed by atoms with Crippen molar-refractivity contribution in [2.24, 2.45) is 5.41 Å². The molecule has 1 unspecified atom stereocenters. The first kappa shape index (κ1) is 13.8. The number of piperidine rings is 1. The molecular weight excluding hydrogens is 245 g/mol. The van der Waals surface area contributed by atoms with Crippen LogP contribution < -0.4 is 16.0 Å². The smallest absolute Gasteiger partial charge is 0.319 e. The van der Waals surface area contributed by atoms with Crippen molar-refractivity contribution in [3.8, 4) is 0 Å². The molecule has 2 rings (SSSR count). The number of halogens is 1. The number of benzene rings is 1. The van der Waals surface area contributed by atoms with Gasteiger partial charge in [-0.05, 0) is 36.6 Å². The molecule has 2 amide bonds. The molecule has 1 aliphatic heterocycles. The molecule has 1 fully saturated rings. The fraction of sp³-hybridized carbons (Fsp3) is 0.500. The third-order valence-electron chi connectivity index (χ3n) is 3.52. The van der Waals surface area contributed by atoms with Crippen molar-refractivity contribution in [1.82, 2.24) is 10.6 Å². The number of hydrogen-bond acceptors (Lipinski definition) is 2. The van der Waals surface area contributed by atoms with Crippen LogP contribution in [-0.4, -0.2) is 25.2 Å². The first-order valence-corrected chi connectivity index (χ1v) is 6.51. The zero-order valence-electron chi connectivity index (χ0n) is 11.3. The standard InChI is InChI=1S/C14H20FN3O/c1-14(2)9-16-7-6-12(14)18-13(19)17-11-5-3-4-10(15)8-11/h3-5,8,12,16H,6-7,9H2,1-2H3,(H2,17,18,19). The molecule has 4 nitrogen and oxygen atoms in total. The summed E-state index contributed by atoms with van der Waals surface area (Å²) >= 11 is 0. The normalized spacial score (nSPS) is 21.7. The average molecular weight is 265 g/mol. The van der Waals surface area contributed by atoms with Gasteiger partial charge in [0.2, 0.25) is 0 Å². The van der Waals surface area contributed by atoms with Gasteiger partial charge in [-0.1, -0.05) is 19.9 Å². The highest BCUT2D eigenvalue weighted by molar-refractivity contribution is 5.89. The lowest BCUT2D eigenvalue weighted by atomic mass is 9.80. The zero-order valence-corrected chi connectivity index (χ0v) is 11.3. The van der Waals surface area contributed by atoms with Crippen molar-refractivity contribution in [3.05, 3.63) is 30.1 Å². The molecule has 1 aromatic rings. The highest BCUT2D eigenvalue weighted by Gasteiger charge is 2.33. The second-order valence-electron chi connectivity index (χ2n) is 5.62. The molecule has 19 heavy (non-hydrogen) atoms. The minimum atomic E-state index is -0.361.